The average Bonchev–Trinajstić information content (AvgIpc) is 2.34. The van der Waals surface area contributed by atoms with Gasteiger partial charge in [0.1, 0.15) is 0 Å². The van der Waals surface area contributed by atoms with Crippen LogP contribution in [0.1, 0.15) is 66.7 Å². The van der Waals surface area contributed by atoms with Gasteiger partial charge in [0.15, 0.2) is 10.8 Å². The first-order valence-corrected chi connectivity index (χ1v) is 8.13. The summed E-state index contributed by atoms with van der Waals surface area (Å²) in [5, 5.41) is 16.5. The highest BCUT2D eigenvalue weighted by Gasteiger charge is 2.33. The lowest BCUT2D eigenvalue weighted by Crippen LogP contribution is -2.52. The van der Waals surface area contributed by atoms with E-state index in [4.69, 9.17) is 12.2 Å². The third-order valence-corrected chi connectivity index (χ3v) is 3.49. The number of azo groups is 1. The van der Waals surface area contributed by atoms with Crippen LogP contribution in [-0.4, -0.2) is 22.9 Å². The summed E-state index contributed by atoms with van der Waals surface area (Å²) in [6.45, 7) is 11.4. The quantitative estimate of drug-likeness (QED) is 0.609. The van der Waals surface area contributed by atoms with Crippen molar-refractivity contribution in [2.24, 2.45) is 16.1 Å². The third kappa shape index (κ3) is 6.64. The van der Waals surface area contributed by atoms with Crippen LogP contribution in [0.2, 0.25) is 0 Å². The van der Waals surface area contributed by atoms with Crippen molar-refractivity contribution >= 4 is 17.3 Å². The van der Waals surface area contributed by atoms with Gasteiger partial charge in [-0.1, -0.05) is 20.3 Å². The minimum absolute atomic E-state index is 0.140. The zero-order valence-corrected chi connectivity index (χ0v) is 14.4. The first-order valence-electron chi connectivity index (χ1n) is 7.72. The van der Waals surface area contributed by atoms with E-state index in [-0.39, 0.29) is 11.2 Å². The van der Waals surface area contributed by atoms with E-state index in [1.165, 1.54) is 19.3 Å². The van der Waals surface area contributed by atoms with Crippen molar-refractivity contribution in [2.75, 3.05) is 6.54 Å². The smallest absolute Gasteiger partial charge is 0.168 e. The maximum absolute atomic E-state index is 5.41. The summed E-state index contributed by atoms with van der Waals surface area (Å²) in [5.41, 5.74) is -0.439. The maximum atomic E-state index is 5.41. The van der Waals surface area contributed by atoms with Gasteiger partial charge in [0.25, 0.3) is 0 Å². The van der Waals surface area contributed by atoms with Crippen molar-refractivity contribution in [1.82, 2.24) is 10.6 Å². The molecule has 0 atom stereocenters. The molecule has 0 radical (unpaired) electrons. The van der Waals surface area contributed by atoms with Crippen molar-refractivity contribution in [3.63, 3.8) is 0 Å². The van der Waals surface area contributed by atoms with Gasteiger partial charge in [-0.05, 0) is 64.6 Å². The molecule has 0 spiro atoms. The Morgan fingerprint density at radius 1 is 1.20 bits per heavy atom. The number of thiocarbonyl (C=S) groups is 1. The molecule has 0 amide bonds. The van der Waals surface area contributed by atoms with Gasteiger partial charge >= 0.3 is 0 Å². The van der Waals surface area contributed by atoms with E-state index < -0.39 is 0 Å². The summed E-state index contributed by atoms with van der Waals surface area (Å²) in [4.78, 5) is 0. The number of hydrogen-bond donors (Lipinski definition) is 2. The van der Waals surface area contributed by atoms with Crippen LogP contribution in [0.15, 0.2) is 10.2 Å². The van der Waals surface area contributed by atoms with E-state index in [2.05, 4.69) is 55.5 Å². The standard InChI is InChI=1S/C15H30N4S/c1-12(2)11-16-13(20)17-15(9-7-6-8-10-15)19-18-14(3,4)5/h12H,6-11H2,1-5H3,(H2,16,17,20). The maximum Gasteiger partial charge on any atom is 0.168 e. The molecule has 2 N–H and O–H groups in total. The Balaban J connectivity index is 2.68. The van der Waals surface area contributed by atoms with Gasteiger partial charge < -0.3 is 10.6 Å². The Hall–Kier alpha value is -0.710. The van der Waals surface area contributed by atoms with Gasteiger partial charge in [0, 0.05) is 6.54 Å². The van der Waals surface area contributed by atoms with Crippen molar-refractivity contribution in [2.45, 2.75) is 77.9 Å². The lowest BCUT2D eigenvalue weighted by Gasteiger charge is -2.35. The summed E-state index contributed by atoms with van der Waals surface area (Å²) >= 11 is 5.41. The Kier molecular flexibility index (Phi) is 6.37. The highest BCUT2D eigenvalue weighted by atomic mass is 32.1. The Bertz CT molecular complexity index is 338. The van der Waals surface area contributed by atoms with Crippen molar-refractivity contribution in [3.8, 4) is 0 Å². The van der Waals surface area contributed by atoms with Crippen LogP contribution in [-0.2, 0) is 0 Å². The van der Waals surface area contributed by atoms with E-state index in [0.717, 1.165) is 19.4 Å². The largest absolute Gasteiger partial charge is 0.362 e. The minimum Gasteiger partial charge on any atom is -0.362 e. The molecule has 4 nitrogen and oxygen atoms in total. The molecular formula is C15H30N4S. The van der Waals surface area contributed by atoms with Crippen LogP contribution in [0.25, 0.3) is 0 Å². The van der Waals surface area contributed by atoms with Gasteiger partial charge in [-0.25, -0.2) is 0 Å². The second-order valence-corrected chi connectivity index (χ2v) is 7.60. The van der Waals surface area contributed by atoms with Crippen LogP contribution < -0.4 is 10.6 Å². The van der Waals surface area contributed by atoms with Gasteiger partial charge in [-0.15, -0.1) is 0 Å². The molecule has 0 aromatic rings. The first kappa shape index (κ1) is 17.3. The van der Waals surface area contributed by atoms with E-state index >= 15 is 0 Å². The molecular weight excluding hydrogens is 268 g/mol. The van der Waals surface area contributed by atoms with E-state index in [9.17, 15) is 0 Å². The van der Waals surface area contributed by atoms with Crippen molar-refractivity contribution < 1.29 is 0 Å². The lowest BCUT2D eigenvalue weighted by atomic mass is 9.89. The molecule has 1 aliphatic rings. The van der Waals surface area contributed by atoms with Crippen molar-refractivity contribution in [3.05, 3.63) is 0 Å². The molecule has 1 saturated carbocycles. The van der Waals surface area contributed by atoms with Crippen LogP contribution in [0.3, 0.4) is 0 Å². The topological polar surface area (TPSA) is 48.8 Å². The highest BCUT2D eigenvalue weighted by molar-refractivity contribution is 7.80. The van der Waals surface area contributed by atoms with Gasteiger partial charge in [-0.2, -0.15) is 10.2 Å². The molecule has 116 valence electrons. The Morgan fingerprint density at radius 3 is 2.30 bits per heavy atom. The normalized spacial score (nSPS) is 19.3. The molecule has 5 heteroatoms. The monoisotopic (exact) mass is 298 g/mol. The van der Waals surface area contributed by atoms with Crippen LogP contribution in [0.5, 0.6) is 0 Å². The highest BCUT2D eigenvalue weighted by Crippen LogP contribution is 2.30. The molecule has 1 rings (SSSR count). The first-order chi connectivity index (χ1) is 9.22. The third-order valence-electron chi connectivity index (χ3n) is 3.24. The fraction of sp³-hybridized carbons (Fsp3) is 0.933. The van der Waals surface area contributed by atoms with Crippen molar-refractivity contribution in [1.29, 1.82) is 0 Å². The Labute approximate surface area is 129 Å². The second kappa shape index (κ2) is 7.34. The predicted molar refractivity (Wildman–Crippen MR) is 89.0 cm³/mol. The zero-order valence-electron chi connectivity index (χ0n) is 13.6. The molecule has 0 aliphatic heterocycles. The van der Waals surface area contributed by atoms with Crippen LogP contribution in [0, 0.1) is 5.92 Å². The Morgan fingerprint density at radius 2 is 1.80 bits per heavy atom. The molecule has 0 unspecified atom stereocenters. The van der Waals surface area contributed by atoms with Gasteiger partial charge in [0.2, 0.25) is 0 Å². The molecule has 20 heavy (non-hydrogen) atoms. The molecule has 1 aliphatic carbocycles. The fourth-order valence-corrected chi connectivity index (χ4v) is 2.46. The summed E-state index contributed by atoms with van der Waals surface area (Å²) in [5.74, 6) is 0.577. The summed E-state index contributed by atoms with van der Waals surface area (Å²) in [6, 6.07) is 0. The second-order valence-electron chi connectivity index (χ2n) is 7.19. The molecule has 0 bridgehead atoms. The van der Waals surface area contributed by atoms with E-state index in [0.29, 0.717) is 11.0 Å². The molecule has 0 heterocycles. The number of nitrogens with zero attached hydrogens (tertiary/aromatic N) is 2. The molecule has 0 aromatic carbocycles. The van der Waals surface area contributed by atoms with E-state index in [1.54, 1.807) is 0 Å². The minimum atomic E-state index is -0.299. The summed E-state index contributed by atoms with van der Waals surface area (Å²) < 4.78 is 0. The summed E-state index contributed by atoms with van der Waals surface area (Å²) in [7, 11) is 0. The van der Waals surface area contributed by atoms with Gasteiger partial charge in [0.05, 0.1) is 5.54 Å². The average molecular weight is 299 g/mol. The number of rotatable bonds is 4. The molecule has 0 saturated heterocycles. The molecule has 1 fully saturated rings. The zero-order chi connectivity index (χ0) is 15.2. The van der Waals surface area contributed by atoms with Gasteiger partial charge in [-0.3, -0.25) is 0 Å². The molecule has 0 aromatic heterocycles. The van der Waals surface area contributed by atoms with Crippen LogP contribution in [0.4, 0.5) is 0 Å². The fourth-order valence-electron chi connectivity index (χ4n) is 2.18. The SMILES string of the molecule is CC(C)CNC(=S)NC1(N=NC(C)(C)C)CCCCC1. The predicted octanol–water partition coefficient (Wildman–Crippen LogP) is 4.02. The number of nitrogens with one attached hydrogen (secondary N) is 2. The lowest BCUT2D eigenvalue weighted by molar-refractivity contribution is 0.254. The van der Waals surface area contributed by atoms with E-state index in [1.807, 2.05) is 0 Å². The van der Waals surface area contributed by atoms with Crippen LogP contribution >= 0.6 is 12.2 Å². The summed E-state index contributed by atoms with van der Waals surface area (Å²) in [6.07, 6.45) is 5.67. The number of hydrogen-bond acceptors (Lipinski definition) is 3.